The summed E-state index contributed by atoms with van der Waals surface area (Å²) in [6, 6.07) is 5.50. The Bertz CT molecular complexity index is 388. The zero-order chi connectivity index (χ0) is 13.0. The number of halogens is 2. The van der Waals surface area contributed by atoms with Crippen molar-refractivity contribution in [2.45, 2.75) is 44.6 Å². The zero-order valence-corrected chi connectivity index (χ0v) is 11.6. The Morgan fingerprint density at radius 2 is 2.11 bits per heavy atom. The van der Waals surface area contributed by atoms with Crippen LogP contribution < -0.4 is 5.32 Å². The van der Waals surface area contributed by atoms with Crippen molar-refractivity contribution in [3.63, 3.8) is 0 Å². The summed E-state index contributed by atoms with van der Waals surface area (Å²) in [5.74, 6) is 0.524. The first-order chi connectivity index (χ1) is 8.69. The Morgan fingerprint density at radius 3 is 2.72 bits per heavy atom. The molecule has 100 valence electrons. The molecule has 0 spiro atoms. The van der Waals surface area contributed by atoms with Crippen molar-refractivity contribution >= 4 is 11.6 Å². The standard InChI is InChI=1S/C15H21ClFN/c1-18-13(8-11-4-2-3-5-11)9-12-6-7-15(17)14(16)10-12/h6-7,10-11,13,18H,2-5,8-9H2,1H3. The molecule has 1 nitrogen and oxygen atoms in total. The van der Waals surface area contributed by atoms with Gasteiger partial charge in [0.2, 0.25) is 0 Å². The van der Waals surface area contributed by atoms with Crippen LogP contribution in [0.1, 0.15) is 37.7 Å². The average Bonchev–Trinajstić information content (AvgIpc) is 2.86. The molecule has 0 heterocycles. The third-order valence-electron chi connectivity index (χ3n) is 3.97. The molecule has 1 fully saturated rings. The van der Waals surface area contributed by atoms with Gasteiger partial charge in [0.05, 0.1) is 5.02 Å². The molecule has 1 unspecified atom stereocenters. The number of hydrogen-bond donors (Lipinski definition) is 1. The van der Waals surface area contributed by atoms with E-state index >= 15 is 0 Å². The lowest BCUT2D eigenvalue weighted by Crippen LogP contribution is -2.29. The quantitative estimate of drug-likeness (QED) is 0.845. The molecule has 0 radical (unpaired) electrons. The van der Waals surface area contributed by atoms with E-state index in [1.54, 1.807) is 6.07 Å². The van der Waals surface area contributed by atoms with Crippen molar-refractivity contribution in [1.82, 2.24) is 5.32 Å². The van der Waals surface area contributed by atoms with Gasteiger partial charge in [0.1, 0.15) is 5.82 Å². The van der Waals surface area contributed by atoms with Crippen LogP contribution in [0.4, 0.5) is 4.39 Å². The van der Waals surface area contributed by atoms with Gasteiger partial charge in [-0.2, -0.15) is 0 Å². The number of rotatable bonds is 5. The van der Waals surface area contributed by atoms with E-state index in [9.17, 15) is 4.39 Å². The van der Waals surface area contributed by atoms with E-state index in [4.69, 9.17) is 11.6 Å². The van der Waals surface area contributed by atoms with Gasteiger partial charge in [-0.3, -0.25) is 0 Å². The topological polar surface area (TPSA) is 12.0 Å². The van der Waals surface area contributed by atoms with Crippen LogP contribution in [-0.4, -0.2) is 13.1 Å². The molecule has 18 heavy (non-hydrogen) atoms. The maximum absolute atomic E-state index is 13.1. The van der Waals surface area contributed by atoms with Crippen LogP contribution in [0.3, 0.4) is 0 Å². The molecule has 0 aromatic heterocycles. The fourth-order valence-corrected chi connectivity index (χ4v) is 3.11. The van der Waals surface area contributed by atoms with Gasteiger partial charge in [-0.1, -0.05) is 43.4 Å². The number of hydrogen-bond acceptors (Lipinski definition) is 1. The Balaban J connectivity index is 1.94. The normalized spacial score (nSPS) is 18.2. The van der Waals surface area contributed by atoms with E-state index in [1.807, 2.05) is 13.1 Å². The molecular formula is C15H21ClFN. The SMILES string of the molecule is CNC(Cc1ccc(F)c(Cl)c1)CC1CCCC1. The van der Waals surface area contributed by atoms with Gasteiger partial charge < -0.3 is 5.32 Å². The second-order valence-corrected chi connectivity index (χ2v) is 5.73. The van der Waals surface area contributed by atoms with Crippen molar-refractivity contribution in [3.8, 4) is 0 Å². The highest BCUT2D eigenvalue weighted by molar-refractivity contribution is 6.30. The molecule has 0 aliphatic heterocycles. The van der Waals surface area contributed by atoms with E-state index in [0.29, 0.717) is 6.04 Å². The van der Waals surface area contributed by atoms with Gasteiger partial charge in [0.25, 0.3) is 0 Å². The second kappa shape index (κ2) is 6.53. The van der Waals surface area contributed by atoms with Crippen LogP contribution in [0.2, 0.25) is 5.02 Å². The predicted octanol–water partition coefficient (Wildman–Crippen LogP) is 4.19. The predicted molar refractivity (Wildman–Crippen MR) is 74.5 cm³/mol. The Morgan fingerprint density at radius 1 is 1.39 bits per heavy atom. The highest BCUT2D eigenvalue weighted by atomic mass is 35.5. The van der Waals surface area contributed by atoms with Gasteiger partial charge in [0.15, 0.2) is 0 Å². The van der Waals surface area contributed by atoms with Crippen molar-refractivity contribution in [2.24, 2.45) is 5.92 Å². The molecular weight excluding hydrogens is 249 g/mol. The van der Waals surface area contributed by atoms with E-state index in [0.717, 1.165) is 17.9 Å². The second-order valence-electron chi connectivity index (χ2n) is 5.32. The highest BCUT2D eigenvalue weighted by Crippen LogP contribution is 2.29. The molecule has 1 aromatic carbocycles. The lowest BCUT2D eigenvalue weighted by atomic mass is 9.94. The zero-order valence-electron chi connectivity index (χ0n) is 10.9. The van der Waals surface area contributed by atoms with Crippen molar-refractivity contribution in [2.75, 3.05) is 7.05 Å². The molecule has 1 saturated carbocycles. The summed E-state index contributed by atoms with van der Waals surface area (Å²) in [5.41, 5.74) is 1.11. The molecule has 1 N–H and O–H groups in total. The maximum atomic E-state index is 13.1. The average molecular weight is 270 g/mol. The summed E-state index contributed by atoms with van der Waals surface area (Å²) in [7, 11) is 2.00. The first-order valence-electron chi connectivity index (χ1n) is 6.80. The summed E-state index contributed by atoms with van der Waals surface area (Å²) < 4.78 is 13.1. The minimum absolute atomic E-state index is 0.225. The van der Waals surface area contributed by atoms with Crippen molar-refractivity contribution in [3.05, 3.63) is 34.6 Å². The fourth-order valence-electron chi connectivity index (χ4n) is 2.90. The number of nitrogens with one attached hydrogen (secondary N) is 1. The molecule has 2 rings (SSSR count). The van der Waals surface area contributed by atoms with E-state index in [2.05, 4.69) is 5.32 Å². The van der Waals surface area contributed by atoms with E-state index in [-0.39, 0.29) is 10.8 Å². The monoisotopic (exact) mass is 269 g/mol. The molecule has 0 saturated heterocycles. The van der Waals surface area contributed by atoms with Crippen LogP contribution >= 0.6 is 11.6 Å². The van der Waals surface area contributed by atoms with Crippen LogP contribution in [0.15, 0.2) is 18.2 Å². The van der Waals surface area contributed by atoms with Gasteiger partial charge >= 0.3 is 0 Å². The van der Waals surface area contributed by atoms with Crippen LogP contribution in [0, 0.1) is 11.7 Å². The summed E-state index contributed by atoms with van der Waals surface area (Å²) in [6.07, 6.45) is 7.62. The Hall–Kier alpha value is -0.600. The minimum atomic E-state index is -0.336. The first-order valence-corrected chi connectivity index (χ1v) is 7.18. The molecule has 3 heteroatoms. The van der Waals surface area contributed by atoms with Gasteiger partial charge in [-0.15, -0.1) is 0 Å². The van der Waals surface area contributed by atoms with Crippen molar-refractivity contribution in [1.29, 1.82) is 0 Å². The van der Waals surface area contributed by atoms with Crippen LogP contribution in [-0.2, 0) is 6.42 Å². The van der Waals surface area contributed by atoms with Gasteiger partial charge in [-0.25, -0.2) is 4.39 Å². The summed E-state index contributed by atoms with van der Waals surface area (Å²) in [5, 5.41) is 3.60. The maximum Gasteiger partial charge on any atom is 0.141 e. The third kappa shape index (κ3) is 3.69. The summed E-state index contributed by atoms with van der Waals surface area (Å²) >= 11 is 5.82. The van der Waals surface area contributed by atoms with E-state index < -0.39 is 0 Å². The van der Waals surface area contributed by atoms with Gasteiger partial charge in [-0.05, 0) is 43.5 Å². The lowest BCUT2D eigenvalue weighted by Gasteiger charge is -2.20. The van der Waals surface area contributed by atoms with Crippen LogP contribution in [0.25, 0.3) is 0 Å². The highest BCUT2D eigenvalue weighted by Gasteiger charge is 2.19. The van der Waals surface area contributed by atoms with Gasteiger partial charge in [0, 0.05) is 6.04 Å². The van der Waals surface area contributed by atoms with Crippen molar-refractivity contribution < 1.29 is 4.39 Å². The number of benzene rings is 1. The Labute approximate surface area is 114 Å². The summed E-state index contributed by atoms with van der Waals surface area (Å²) in [4.78, 5) is 0. The summed E-state index contributed by atoms with van der Waals surface area (Å²) in [6.45, 7) is 0. The molecule has 1 atom stereocenters. The largest absolute Gasteiger partial charge is 0.317 e. The first kappa shape index (κ1) is 13.8. The third-order valence-corrected chi connectivity index (χ3v) is 4.26. The Kier molecular flexibility index (Phi) is 5.02. The lowest BCUT2D eigenvalue weighted by molar-refractivity contribution is 0.402. The van der Waals surface area contributed by atoms with E-state index in [1.165, 1.54) is 38.2 Å². The van der Waals surface area contributed by atoms with Crippen LogP contribution in [0.5, 0.6) is 0 Å². The molecule has 1 aliphatic carbocycles. The molecule has 1 aliphatic rings. The molecule has 0 bridgehead atoms. The smallest absolute Gasteiger partial charge is 0.141 e. The number of likely N-dealkylation sites (N-methyl/N-ethyl adjacent to an activating group) is 1. The minimum Gasteiger partial charge on any atom is -0.317 e. The molecule has 1 aromatic rings. The molecule has 0 amide bonds. The fraction of sp³-hybridized carbons (Fsp3) is 0.600.